The molecule has 1 heterocycles. The standard InChI is InChI=1S/C16H20N2O2/c1-4-5-15(19)18(3)10-13-9-12-8-11(2)6-7-14(12)17-16(13)20/h6-9H,4-5,10H2,1-3H3,(H,17,20). The summed E-state index contributed by atoms with van der Waals surface area (Å²) in [6.45, 7) is 4.33. The molecule has 4 heteroatoms. The lowest BCUT2D eigenvalue weighted by Gasteiger charge is -2.16. The topological polar surface area (TPSA) is 53.2 Å². The number of hydrogen-bond donors (Lipinski definition) is 1. The maximum atomic E-state index is 12.0. The molecule has 0 spiro atoms. The molecule has 0 aliphatic heterocycles. The number of H-pyrrole nitrogens is 1. The van der Waals surface area contributed by atoms with Crippen LogP contribution in [0.2, 0.25) is 0 Å². The Bertz CT molecular complexity index is 688. The SMILES string of the molecule is CCCC(=O)N(C)Cc1cc2cc(C)ccc2[nH]c1=O. The number of rotatable bonds is 4. The van der Waals surface area contributed by atoms with Crippen LogP contribution in [-0.2, 0) is 11.3 Å². The van der Waals surface area contributed by atoms with Crippen LogP contribution in [0.4, 0.5) is 0 Å². The Balaban J connectivity index is 2.32. The number of aromatic nitrogens is 1. The van der Waals surface area contributed by atoms with Crippen molar-refractivity contribution in [2.75, 3.05) is 7.05 Å². The third-order valence-electron chi connectivity index (χ3n) is 3.37. The van der Waals surface area contributed by atoms with E-state index in [0.29, 0.717) is 18.5 Å². The van der Waals surface area contributed by atoms with Gasteiger partial charge in [0, 0.05) is 24.5 Å². The van der Waals surface area contributed by atoms with Crippen molar-refractivity contribution in [3.8, 4) is 0 Å². The maximum Gasteiger partial charge on any atom is 0.253 e. The number of carbonyl (C=O) groups excluding carboxylic acids is 1. The van der Waals surface area contributed by atoms with Crippen molar-refractivity contribution in [1.29, 1.82) is 0 Å². The van der Waals surface area contributed by atoms with Gasteiger partial charge in [0.05, 0.1) is 6.54 Å². The van der Waals surface area contributed by atoms with Gasteiger partial charge in [-0.15, -0.1) is 0 Å². The summed E-state index contributed by atoms with van der Waals surface area (Å²) in [4.78, 5) is 28.3. The van der Waals surface area contributed by atoms with Crippen LogP contribution in [0.15, 0.2) is 29.1 Å². The number of amides is 1. The van der Waals surface area contributed by atoms with Crippen molar-refractivity contribution >= 4 is 16.8 Å². The Morgan fingerprint density at radius 3 is 2.75 bits per heavy atom. The summed E-state index contributed by atoms with van der Waals surface area (Å²) < 4.78 is 0. The number of fused-ring (bicyclic) bond motifs is 1. The average molecular weight is 272 g/mol. The second-order valence-electron chi connectivity index (χ2n) is 5.21. The summed E-state index contributed by atoms with van der Waals surface area (Å²) in [5.74, 6) is 0.0660. The molecule has 1 amide bonds. The van der Waals surface area contributed by atoms with Crippen molar-refractivity contribution in [1.82, 2.24) is 9.88 Å². The molecule has 4 nitrogen and oxygen atoms in total. The Labute approximate surface area is 118 Å². The first-order valence-corrected chi connectivity index (χ1v) is 6.87. The monoisotopic (exact) mass is 272 g/mol. The number of aromatic amines is 1. The van der Waals surface area contributed by atoms with Crippen LogP contribution in [0, 0.1) is 6.92 Å². The molecule has 2 rings (SSSR count). The number of hydrogen-bond acceptors (Lipinski definition) is 2. The number of nitrogens with zero attached hydrogens (tertiary/aromatic N) is 1. The minimum atomic E-state index is -0.127. The highest BCUT2D eigenvalue weighted by Crippen LogP contribution is 2.14. The van der Waals surface area contributed by atoms with Crippen LogP contribution in [0.25, 0.3) is 10.9 Å². The molecule has 0 saturated carbocycles. The molecule has 0 saturated heterocycles. The Kier molecular flexibility index (Phi) is 4.23. The Hall–Kier alpha value is -2.10. The van der Waals surface area contributed by atoms with Gasteiger partial charge in [-0.1, -0.05) is 18.6 Å². The minimum Gasteiger partial charge on any atom is -0.341 e. The molecule has 106 valence electrons. The van der Waals surface area contributed by atoms with Gasteiger partial charge in [-0.2, -0.15) is 0 Å². The summed E-state index contributed by atoms with van der Waals surface area (Å²) in [5.41, 5.74) is 2.46. The van der Waals surface area contributed by atoms with Crippen LogP contribution < -0.4 is 5.56 Å². The van der Waals surface area contributed by atoms with Gasteiger partial charge >= 0.3 is 0 Å². The molecule has 0 radical (unpaired) electrons. The third kappa shape index (κ3) is 3.07. The van der Waals surface area contributed by atoms with Gasteiger partial charge < -0.3 is 9.88 Å². The number of pyridine rings is 1. The van der Waals surface area contributed by atoms with Crippen LogP contribution in [0.5, 0.6) is 0 Å². The molecular formula is C16H20N2O2. The largest absolute Gasteiger partial charge is 0.341 e. The minimum absolute atomic E-state index is 0.0660. The molecule has 1 N–H and O–H groups in total. The highest BCUT2D eigenvalue weighted by molar-refractivity contribution is 5.80. The van der Waals surface area contributed by atoms with Crippen molar-refractivity contribution < 1.29 is 4.79 Å². The molecule has 0 aliphatic rings. The van der Waals surface area contributed by atoms with Gasteiger partial charge in [-0.25, -0.2) is 0 Å². The number of carbonyl (C=O) groups is 1. The zero-order valence-corrected chi connectivity index (χ0v) is 12.2. The molecule has 0 bridgehead atoms. The van der Waals surface area contributed by atoms with Crippen molar-refractivity contribution in [2.45, 2.75) is 33.2 Å². The van der Waals surface area contributed by atoms with Gasteiger partial charge in [0.2, 0.25) is 5.91 Å². The van der Waals surface area contributed by atoms with Gasteiger partial charge in [0.15, 0.2) is 0 Å². The van der Waals surface area contributed by atoms with E-state index < -0.39 is 0 Å². The van der Waals surface area contributed by atoms with Crippen molar-refractivity contribution in [3.63, 3.8) is 0 Å². The second-order valence-corrected chi connectivity index (χ2v) is 5.21. The predicted molar refractivity (Wildman–Crippen MR) is 80.7 cm³/mol. The van der Waals surface area contributed by atoms with Crippen molar-refractivity contribution in [2.24, 2.45) is 0 Å². The lowest BCUT2D eigenvalue weighted by atomic mass is 10.1. The summed E-state index contributed by atoms with van der Waals surface area (Å²) in [7, 11) is 1.73. The molecule has 2 aromatic rings. The van der Waals surface area contributed by atoms with Crippen LogP contribution >= 0.6 is 0 Å². The molecule has 0 atom stereocenters. The summed E-state index contributed by atoms with van der Waals surface area (Å²) >= 11 is 0. The summed E-state index contributed by atoms with van der Waals surface area (Å²) in [5, 5.41) is 0.996. The van der Waals surface area contributed by atoms with Gasteiger partial charge in [0.25, 0.3) is 5.56 Å². The molecule has 20 heavy (non-hydrogen) atoms. The smallest absolute Gasteiger partial charge is 0.253 e. The van der Waals surface area contributed by atoms with E-state index in [1.165, 1.54) is 0 Å². The summed E-state index contributed by atoms with van der Waals surface area (Å²) in [6.07, 6.45) is 1.33. The van der Waals surface area contributed by atoms with E-state index in [4.69, 9.17) is 0 Å². The highest BCUT2D eigenvalue weighted by Gasteiger charge is 2.11. The first kappa shape index (κ1) is 14.3. The maximum absolute atomic E-state index is 12.0. The quantitative estimate of drug-likeness (QED) is 0.930. The number of aryl methyl sites for hydroxylation is 1. The zero-order chi connectivity index (χ0) is 14.7. The van der Waals surface area contributed by atoms with E-state index in [0.717, 1.165) is 22.9 Å². The fourth-order valence-electron chi connectivity index (χ4n) is 2.24. The van der Waals surface area contributed by atoms with E-state index in [1.54, 1.807) is 11.9 Å². The lowest BCUT2D eigenvalue weighted by Crippen LogP contribution is -2.28. The van der Waals surface area contributed by atoms with E-state index in [1.807, 2.05) is 38.1 Å². The second kappa shape index (κ2) is 5.90. The predicted octanol–water partition coefficient (Wildman–Crippen LogP) is 2.60. The average Bonchev–Trinajstić information content (AvgIpc) is 2.40. The third-order valence-corrected chi connectivity index (χ3v) is 3.37. The van der Waals surface area contributed by atoms with E-state index in [9.17, 15) is 9.59 Å². The van der Waals surface area contributed by atoms with E-state index >= 15 is 0 Å². The molecule has 1 aromatic carbocycles. The molecule has 0 fully saturated rings. The van der Waals surface area contributed by atoms with Gasteiger partial charge in [-0.05, 0) is 36.9 Å². The van der Waals surface area contributed by atoms with E-state index in [-0.39, 0.29) is 11.5 Å². The van der Waals surface area contributed by atoms with Crippen LogP contribution in [-0.4, -0.2) is 22.8 Å². The molecule has 0 unspecified atom stereocenters. The first-order chi connectivity index (χ1) is 9.51. The van der Waals surface area contributed by atoms with Crippen molar-refractivity contribution in [3.05, 3.63) is 45.7 Å². The lowest BCUT2D eigenvalue weighted by molar-refractivity contribution is -0.130. The molecule has 0 aliphatic carbocycles. The highest BCUT2D eigenvalue weighted by atomic mass is 16.2. The Morgan fingerprint density at radius 2 is 2.05 bits per heavy atom. The Morgan fingerprint density at radius 1 is 1.30 bits per heavy atom. The van der Waals surface area contributed by atoms with Gasteiger partial charge in [-0.3, -0.25) is 9.59 Å². The summed E-state index contributed by atoms with van der Waals surface area (Å²) in [6, 6.07) is 7.77. The van der Waals surface area contributed by atoms with Crippen LogP contribution in [0.1, 0.15) is 30.9 Å². The fraction of sp³-hybridized carbons (Fsp3) is 0.375. The van der Waals surface area contributed by atoms with Gasteiger partial charge in [0.1, 0.15) is 0 Å². The van der Waals surface area contributed by atoms with E-state index in [2.05, 4.69) is 4.98 Å². The fourth-order valence-corrected chi connectivity index (χ4v) is 2.24. The normalized spacial score (nSPS) is 10.8. The molecular weight excluding hydrogens is 252 g/mol. The number of nitrogens with one attached hydrogen (secondary N) is 1. The number of benzene rings is 1. The first-order valence-electron chi connectivity index (χ1n) is 6.87. The molecule has 1 aromatic heterocycles. The zero-order valence-electron chi connectivity index (χ0n) is 12.2. The van der Waals surface area contributed by atoms with Crippen LogP contribution in [0.3, 0.4) is 0 Å².